The first-order chi connectivity index (χ1) is 5.08. The van der Waals surface area contributed by atoms with Gasteiger partial charge in [-0.3, -0.25) is 4.89 Å². The van der Waals surface area contributed by atoms with Crippen LogP contribution in [0.3, 0.4) is 0 Å². The van der Waals surface area contributed by atoms with Gasteiger partial charge < -0.3 is 4.52 Å². The largest absolute Gasteiger partial charge is 0.555 e. The van der Waals surface area contributed by atoms with Gasteiger partial charge in [-0.2, -0.15) is 0 Å². The normalized spacial score (nSPS) is 11.1. The third-order valence-corrected chi connectivity index (χ3v) is 1.41. The summed E-state index contributed by atoms with van der Waals surface area (Å²) in [5.74, 6) is 0.105. The Hall–Kier alpha value is -0.830. The Labute approximate surface area is 63.7 Å². The molecule has 4 nitrogen and oxygen atoms in total. The van der Waals surface area contributed by atoms with Crippen molar-refractivity contribution in [2.24, 2.45) is 0 Å². The molecule has 0 aliphatic heterocycles. The summed E-state index contributed by atoms with van der Waals surface area (Å²) in [7, 11) is -4.64. The molecule has 0 aliphatic rings. The van der Waals surface area contributed by atoms with Crippen molar-refractivity contribution in [3.63, 3.8) is 0 Å². The smallest absolute Gasteiger partial charge is 0.403 e. The summed E-state index contributed by atoms with van der Waals surface area (Å²) >= 11 is 0. The minimum absolute atomic E-state index is 0.105. The van der Waals surface area contributed by atoms with Crippen molar-refractivity contribution in [1.82, 2.24) is 0 Å². The molecule has 1 aromatic rings. The Balaban J connectivity index is 2.74. The molecule has 1 aromatic carbocycles. The summed E-state index contributed by atoms with van der Waals surface area (Å²) in [6.45, 7) is 0. The Bertz CT molecular complexity index is 265. The number of rotatable bonds is 2. The lowest BCUT2D eigenvalue weighted by atomic mass is 10.3. The first-order valence-corrected chi connectivity index (χ1v) is 4.36. The van der Waals surface area contributed by atoms with Crippen molar-refractivity contribution in [1.29, 1.82) is 0 Å². The lowest BCUT2D eigenvalue weighted by Gasteiger charge is -2.02. The van der Waals surface area contributed by atoms with E-state index in [0.29, 0.717) is 0 Å². The van der Waals surface area contributed by atoms with Crippen LogP contribution >= 0.6 is 7.82 Å². The molecule has 1 rings (SSSR count). The Morgan fingerprint density at radius 1 is 1.27 bits per heavy atom. The maximum absolute atomic E-state index is 10.2. The summed E-state index contributed by atoms with van der Waals surface area (Å²) in [5.41, 5.74) is 0. The van der Waals surface area contributed by atoms with Crippen LogP contribution in [0.4, 0.5) is 0 Å². The summed E-state index contributed by atoms with van der Waals surface area (Å²) in [5, 5.41) is 0. The third kappa shape index (κ3) is 3.18. The molecular formula is C6H6O4P. The number of hydrogen-bond donors (Lipinski definition) is 1. The highest BCUT2D eigenvalue weighted by molar-refractivity contribution is 7.46. The van der Waals surface area contributed by atoms with E-state index in [9.17, 15) is 9.46 Å². The summed E-state index contributed by atoms with van der Waals surface area (Å²) < 4.78 is 14.3. The highest BCUT2D eigenvalue weighted by Crippen LogP contribution is 2.38. The summed E-state index contributed by atoms with van der Waals surface area (Å²) in [6, 6.07) is 7.78. The van der Waals surface area contributed by atoms with E-state index >= 15 is 0 Å². The monoisotopic (exact) mass is 173 g/mol. The molecule has 1 unspecified atom stereocenters. The van der Waals surface area contributed by atoms with Crippen LogP contribution in [0.25, 0.3) is 0 Å². The van der Waals surface area contributed by atoms with E-state index in [1.165, 1.54) is 12.1 Å². The van der Waals surface area contributed by atoms with Gasteiger partial charge >= 0.3 is 7.82 Å². The number of para-hydroxylation sites is 1. The maximum Gasteiger partial charge on any atom is 0.555 e. The molecule has 1 atom stereocenters. The lowest BCUT2D eigenvalue weighted by molar-refractivity contribution is 0.243. The van der Waals surface area contributed by atoms with Gasteiger partial charge in [0.05, 0.1) is 0 Å². The minimum atomic E-state index is -4.64. The van der Waals surface area contributed by atoms with Crippen LogP contribution < -0.4 is 4.52 Å². The third-order valence-electron chi connectivity index (χ3n) is 0.964. The molecule has 0 saturated carbocycles. The van der Waals surface area contributed by atoms with Crippen LogP contribution in [0.5, 0.6) is 5.75 Å². The molecule has 1 radical (unpaired) electrons. The van der Waals surface area contributed by atoms with Crippen LogP contribution in [-0.4, -0.2) is 4.89 Å². The van der Waals surface area contributed by atoms with Crippen molar-refractivity contribution < 1.29 is 18.9 Å². The first kappa shape index (κ1) is 8.27. The summed E-state index contributed by atoms with van der Waals surface area (Å²) in [4.78, 5) is 18.4. The van der Waals surface area contributed by atoms with Crippen LogP contribution in [-0.2, 0) is 9.46 Å². The van der Waals surface area contributed by atoms with E-state index < -0.39 is 7.82 Å². The van der Waals surface area contributed by atoms with Gasteiger partial charge in [0.2, 0.25) is 0 Å². The second-order valence-electron chi connectivity index (χ2n) is 1.87. The van der Waals surface area contributed by atoms with Crippen LogP contribution in [0, 0.1) is 0 Å². The number of benzene rings is 1. The van der Waals surface area contributed by atoms with E-state index in [0.717, 1.165) is 0 Å². The standard InChI is InChI=1S/C6H6O4P/c7-11(8,9)10-6-4-2-1-3-5-6/h1-5H,(H,7,8). The van der Waals surface area contributed by atoms with Gasteiger partial charge in [0.15, 0.2) is 0 Å². The molecule has 0 aliphatic carbocycles. The van der Waals surface area contributed by atoms with E-state index in [4.69, 9.17) is 4.89 Å². The van der Waals surface area contributed by atoms with E-state index in [1.807, 2.05) is 0 Å². The Morgan fingerprint density at radius 2 is 1.82 bits per heavy atom. The van der Waals surface area contributed by atoms with Gasteiger partial charge in [-0.1, -0.05) is 18.2 Å². The van der Waals surface area contributed by atoms with Gasteiger partial charge in [0.1, 0.15) is 5.75 Å². The fourth-order valence-electron chi connectivity index (χ4n) is 0.615. The molecule has 0 saturated heterocycles. The maximum atomic E-state index is 10.2. The molecule has 0 fully saturated rings. The highest BCUT2D eigenvalue weighted by atomic mass is 31.2. The average molecular weight is 173 g/mol. The van der Waals surface area contributed by atoms with Gasteiger partial charge in [0, 0.05) is 0 Å². The van der Waals surface area contributed by atoms with Crippen LogP contribution in [0.15, 0.2) is 30.3 Å². The van der Waals surface area contributed by atoms with Gasteiger partial charge in [-0.25, -0.2) is 4.57 Å². The fraction of sp³-hybridized carbons (Fsp3) is 0. The topological polar surface area (TPSA) is 66.4 Å². The molecule has 59 valence electrons. The van der Waals surface area contributed by atoms with Gasteiger partial charge in [-0.15, -0.1) is 4.89 Å². The lowest BCUT2D eigenvalue weighted by Crippen LogP contribution is -1.87. The second kappa shape index (κ2) is 3.05. The average Bonchev–Trinajstić information content (AvgIpc) is 1.85. The SMILES string of the molecule is [O]P(=O)(O)Oc1ccccc1. The van der Waals surface area contributed by atoms with Crippen molar-refractivity contribution in [2.45, 2.75) is 0 Å². The predicted molar refractivity (Wildman–Crippen MR) is 37.6 cm³/mol. The first-order valence-electron chi connectivity index (χ1n) is 2.86. The van der Waals surface area contributed by atoms with E-state index in [-0.39, 0.29) is 5.75 Å². The van der Waals surface area contributed by atoms with Gasteiger partial charge in [-0.05, 0) is 12.1 Å². The van der Waals surface area contributed by atoms with E-state index in [2.05, 4.69) is 4.52 Å². The Kier molecular flexibility index (Phi) is 2.29. The molecule has 0 heterocycles. The van der Waals surface area contributed by atoms with Crippen molar-refractivity contribution in [2.75, 3.05) is 0 Å². The van der Waals surface area contributed by atoms with Crippen LogP contribution in [0.1, 0.15) is 0 Å². The summed E-state index contributed by atoms with van der Waals surface area (Å²) in [6.07, 6.45) is 0. The predicted octanol–water partition coefficient (Wildman–Crippen LogP) is 1.60. The zero-order chi connectivity index (χ0) is 8.32. The van der Waals surface area contributed by atoms with Gasteiger partial charge in [0.25, 0.3) is 0 Å². The zero-order valence-corrected chi connectivity index (χ0v) is 6.40. The number of hydrogen-bond acceptors (Lipinski definition) is 2. The zero-order valence-electron chi connectivity index (χ0n) is 5.51. The molecular weight excluding hydrogens is 167 g/mol. The molecule has 1 N–H and O–H groups in total. The van der Waals surface area contributed by atoms with Crippen molar-refractivity contribution in [3.8, 4) is 5.75 Å². The van der Waals surface area contributed by atoms with Crippen LogP contribution in [0.2, 0.25) is 0 Å². The minimum Gasteiger partial charge on any atom is -0.403 e. The molecule has 0 aromatic heterocycles. The molecule has 0 bridgehead atoms. The molecule has 0 spiro atoms. The van der Waals surface area contributed by atoms with Crippen molar-refractivity contribution in [3.05, 3.63) is 30.3 Å². The quantitative estimate of drug-likeness (QED) is 0.690. The fourth-order valence-corrected chi connectivity index (χ4v) is 1.00. The molecule has 5 heteroatoms. The van der Waals surface area contributed by atoms with Crippen molar-refractivity contribution >= 4 is 7.82 Å². The highest BCUT2D eigenvalue weighted by Gasteiger charge is 2.17. The Morgan fingerprint density at radius 3 is 2.27 bits per heavy atom. The molecule has 0 amide bonds. The van der Waals surface area contributed by atoms with E-state index in [1.54, 1.807) is 18.2 Å². The second-order valence-corrected chi connectivity index (χ2v) is 2.99. The molecule has 11 heavy (non-hydrogen) atoms.